The molecule has 0 bridgehead atoms. The van der Waals surface area contributed by atoms with Gasteiger partial charge in [0.05, 0.1) is 18.7 Å². The van der Waals surface area contributed by atoms with Crippen molar-refractivity contribution >= 4 is 33.9 Å². The van der Waals surface area contributed by atoms with Gasteiger partial charge in [0, 0.05) is 17.1 Å². The summed E-state index contributed by atoms with van der Waals surface area (Å²) in [6, 6.07) is 18.8. The Labute approximate surface area is 233 Å². The SMILES string of the molecule is COc1cc([C@@H]2/C(=C(\O)c3ccc4c(c3)OCCO4)C(=O)C(=O)N2c2nccs2)ccc1OCc1ccccc1. The molecule has 40 heavy (non-hydrogen) atoms. The molecule has 1 amide bonds. The molecular formula is C30H24N2O7S. The number of carbonyl (C=O) groups excluding carboxylic acids is 2. The molecule has 3 aromatic carbocycles. The highest BCUT2D eigenvalue weighted by atomic mass is 32.1. The van der Waals surface area contributed by atoms with Gasteiger partial charge in [-0.2, -0.15) is 0 Å². The van der Waals surface area contributed by atoms with E-state index in [1.54, 1.807) is 48.0 Å². The van der Waals surface area contributed by atoms with Crippen LogP contribution in [0.25, 0.3) is 5.76 Å². The number of nitrogens with zero attached hydrogens (tertiary/aromatic N) is 2. The second kappa shape index (κ2) is 10.7. The Kier molecular flexibility index (Phi) is 6.83. The van der Waals surface area contributed by atoms with Crippen molar-refractivity contribution in [3.63, 3.8) is 0 Å². The van der Waals surface area contributed by atoms with E-state index in [2.05, 4.69) is 4.98 Å². The Bertz CT molecular complexity index is 1600. The number of Topliss-reactive ketones (excluding diaryl/α,β-unsaturated/α-hetero) is 1. The van der Waals surface area contributed by atoms with Crippen LogP contribution in [0.4, 0.5) is 5.13 Å². The van der Waals surface area contributed by atoms with Crippen LogP contribution in [0.2, 0.25) is 0 Å². The predicted octanol–water partition coefficient (Wildman–Crippen LogP) is 5.13. The highest BCUT2D eigenvalue weighted by Gasteiger charge is 2.48. The molecular weight excluding hydrogens is 532 g/mol. The summed E-state index contributed by atoms with van der Waals surface area (Å²) in [6.45, 7) is 1.12. The van der Waals surface area contributed by atoms with Crippen LogP contribution in [-0.4, -0.2) is 42.1 Å². The number of fused-ring (bicyclic) bond motifs is 1. The van der Waals surface area contributed by atoms with Gasteiger partial charge < -0.3 is 24.1 Å². The van der Waals surface area contributed by atoms with E-state index in [1.807, 2.05) is 30.3 Å². The number of aromatic nitrogens is 1. The molecule has 10 heteroatoms. The normalized spacial score (nSPS) is 17.6. The Morgan fingerprint density at radius 1 is 1.02 bits per heavy atom. The number of thiazole rings is 1. The van der Waals surface area contributed by atoms with Crippen molar-refractivity contribution in [2.45, 2.75) is 12.6 Å². The van der Waals surface area contributed by atoms with Crippen LogP contribution in [0.1, 0.15) is 22.7 Å². The molecule has 1 N–H and O–H groups in total. The molecule has 2 aliphatic heterocycles. The maximum atomic E-state index is 13.4. The van der Waals surface area contributed by atoms with E-state index in [1.165, 1.54) is 23.3 Å². The molecule has 0 unspecified atom stereocenters. The largest absolute Gasteiger partial charge is 0.507 e. The van der Waals surface area contributed by atoms with Crippen molar-refractivity contribution in [3.8, 4) is 23.0 Å². The summed E-state index contributed by atoms with van der Waals surface area (Å²) >= 11 is 1.22. The lowest BCUT2D eigenvalue weighted by Crippen LogP contribution is -2.29. The molecule has 3 heterocycles. The number of hydrogen-bond acceptors (Lipinski definition) is 9. The minimum atomic E-state index is -0.962. The highest BCUT2D eigenvalue weighted by molar-refractivity contribution is 7.14. The summed E-state index contributed by atoms with van der Waals surface area (Å²) in [6.07, 6.45) is 1.55. The zero-order valence-electron chi connectivity index (χ0n) is 21.4. The molecule has 202 valence electrons. The van der Waals surface area contributed by atoms with Crippen LogP contribution in [0, 0.1) is 0 Å². The number of aliphatic hydroxyl groups excluding tert-OH is 1. The predicted molar refractivity (Wildman–Crippen MR) is 148 cm³/mol. The summed E-state index contributed by atoms with van der Waals surface area (Å²) in [5, 5.41) is 13.5. The lowest BCUT2D eigenvalue weighted by Gasteiger charge is -2.24. The van der Waals surface area contributed by atoms with E-state index in [9.17, 15) is 14.7 Å². The van der Waals surface area contributed by atoms with Gasteiger partial charge >= 0.3 is 5.91 Å². The van der Waals surface area contributed by atoms with Crippen molar-refractivity contribution in [2.75, 3.05) is 25.2 Å². The van der Waals surface area contributed by atoms with E-state index >= 15 is 0 Å². The molecule has 9 nitrogen and oxygen atoms in total. The third-order valence-electron chi connectivity index (χ3n) is 6.63. The zero-order valence-corrected chi connectivity index (χ0v) is 22.2. The van der Waals surface area contributed by atoms with E-state index in [0.717, 1.165) is 5.56 Å². The number of aliphatic hydroxyl groups is 1. The van der Waals surface area contributed by atoms with Crippen molar-refractivity contribution in [2.24, 2.45) is 0 Å². The van der Waals surface area contributed by atoms with Crippen molar-refractivity contribution in [3.05, 3.63) is 101 Å². The van der Waals surface area contributed by atoms with Crippen LogP contribution in [-0.2, 0) is 16.2 Å². The summed E-state index contributed by atoms with van der Waals surface area (Å²) in [5.41, 5.74) is 1.78. The first-order valence-electron chi connectivity index (χ1n) is 12.5. The molecule has 0 saturated carbocycles. The molecule has 1 atom stereocenters. The molecule has 1 saturated heterocycles. The molecule has 6 rings (SSSR count). The topological polar surface area (TPSA) is 107 Å². The number of ether oxygens (including phenoxy) is 4. The van der Waals surface area contributed by atoms with Crippen molar-refractivity contribution in [1.82, 2.24) is 4.98 Å². The van der Waals surface area contributed by atoms with Crippen LogP contribution in [0.3, 0.4) is 0 Å². The number of benzene rings is 3. The first-order chi connectivity index (χ1) is 19.5. The molecule has 1 aromatic heterocycles. The first-order valence-corrected chi connectivity index (χ1v) is 13.4. The van der Waals surface area contributed by atoms with Gasteiger partial charge in [0.2, 0.25) is 0 Å². The summed E-state index contributed by atoms with van der Waals surface area (Å²) < 4.78 is 22.9. The zero-order chi connectivity index (χ0) is 27.6. The Hall–Kier alpha value is -4.83. The minimum absolute atomic E-state index is 0.0723. The van der Waals surface area contributed by atoms with Gasteiger partial charge in [-0.15, -0.1) is 11.3 Å². The molecule has 4 aromatic rings. The Morgan fingerprint density at radius 3 is 2.58 bits per heavy atom. The van der Waals surface area contributed by atoms with Gasteiger partial charge in [-0.05, 0) is 41.5 Å². The number of amides is 1. The standard InChI is InChI=1S/C30H24N2O7S/c1-36-23-15-19(7-9-21(23)39-17-18-5-3-2-4-6-18)26-25(28(34)29(35)32(26)30-31-11-14-40-30)27(33)20-8-10-22-24(16-20)38-13-12-37-22/h2-11,14-16,26,33H,12-13,17H2,1H3/b27-25+/t26-/m1/s1. The monoisotopic (exact) mass is 556 g/mol. The van der Waals surface area contributed by atoms with E-state index < -0.39 is 17.7 Å². The number of methoxy groups -OCH3 is 1. The number of anilines is 1. The van der Waals surface area contributed by atoms with Gasteiger partial charge in [-0.3, -0.25) is 14.5 Å². The summed E-state index contributed by atoms with van der Waals surface area (Å²) in [4.78, 5) is 32.4. The maximum absolute atomic E-state index is 13.4. The van der Waals surface area contributed by atoms with Gasteiger partial charge in [-0.25, -0.2) is 4.98 Å². The molecule has 0 radical (unpaired) electrons. The highest BCUT2D eigenvalue weighted by Crippen LogP contribution is 2.45. The fraction of sp³-hybridized carbons (Fsp3) is 0.167. The van der Waals surface area contributed by atoms with Crippen LogP contribution < -0.4 is 23.8 Å². The first kappa shape index (κ1) is 25.4. The van der Waals surface area contributed by atoms with Crippen molar-refractivity contribution in [1.29, 1.82) is 0 Å². The molecule has 0 spiro atoms. The number of rotatable bonds is 7. The van der Waals surface area contributed by atoms with Gasteiger partial charge in [0.1, 0.15) is 25.6 Å². The summed E-state index contributed by atoms with van der Waals surface area (Å²) in [7, 11) is 1.52. The van der Waals surface area contributed by atoms with Crippen LogP contribution >= 0.6 is 11.3 Å². The van der Waals surface area contributed by atoms with E-state index in [0.29, 0.717) is 59.1 Å². The quantitative estimate of drug-likeness (QED) is 0.190. The van der Waals surface area contributed by atoms with Gasteiger partial charge in [-0.1, -0.05) is 36.4 Å². The average molecular weight is 557 g/mol. The lowest BCUT2D eigenvalue weighted by molar-refractivity contribution is -0.132. The van der Waals surface area contributed by atoms with E-state index in [-0.39, 0.29) is 11.3 Å². The third-order valence-corrected chi connectivity index (χ3v) is 7.40. The molecule has 0 aliphatic carbocycles. The second-order valence-corrected chi connectivity index (χ2v) is 9.90. The van der Waals surface area contributed by atoms with Gasteiger partial charge in [0.25, 0.3) is 5.78 Å². The lowest BCUT2D eigenvalue weighted by atomic mass is 9.95. The van der Waals surface area contributed by atoms with Crippen molar-refractivity contribution < 1.29 is 33.6 Å². The van der Waals surface area contributed by atoms with Gasteiger partial charge in [0.15, 0.2) is 28.1 Å². The van der Waals surface area contributed by atoms with Crippen LogP contribution in [0.5, 0.6) is 23.0 Å². The fourth-order valence-electron chi connectivity index (χ4n) is 4.74. The Balaban J connectivity index is 1.43. The molecule has 2 aliphatic rings. The molecule has 1 fully saturated rings. The average Bonchev–Trinajstić information content (AvgIpc) is 3.62. The number of carbonyl (C=O) groups is 2. The fourth-order valence-corrected chi connectivity index (χ4v) is 5.40. The minimum Gasteiger partial charge on any atom is -0.507 e. The van der Waals surface area contributed by atoms with E-state index in [4.69, 9.17) is 18.9 Å². The summed E-state index contributed by atoms with van der Waals surface area (Å²) in [5.74, 6) is -0.0484. The third kappa shape index (κ3) is 4.62. The second-order valence-electron chi connectivity index (χ2n) is 9.03. The Morgan fingerprint density at radius 2 is 1.82 bits per heavy atom. The maximum Gasteiger partial charge on any atom is 0.301 e. The smallest absolute Gasteiger partial charge is 0.301 e. The van der Waals surface area contributed by atoms with Crippen LogP contribution in [0.15, 0.2) is 83.9 Å². The number of hydrogen-bond donors (Lipinski definition) is 1. The number of ketones is 1.